The molecule has 4 N–H and O–H groups in total. The minimum absolute atomic E-state index is 0.0339. The fraction of sp³-hybridized carbons (Fsp3) is 0.385. The molecule has 1 aromatic carbocycles. The fourth-order valence-corrected chi connectivity index (χ4v) is 2.22. The zero-order valence-electron chi connectivity index (χ0n) is 11.8. The molecule has 1 unspecified atom stereocenters. The smallest absolute Gasteiger partial charge is 0.472 e. The van der Waals surface area contributed by atoms with Crippen molar-refractivity contribution in [2.45, 2.75) is 18.8 Å². The molecular weight excluding hydrogens is 313 g/mol. The van der Waals surface area contributed by atoms with Crippen molar-refractivity contribution in [1.29, 1.82) is 0 Å². The molecule has 1 aromatic rings. The first kappa shape index (κ1) is 18.8. The third-order valence-electron chi connectivity index (χ3n) is 2.43. The van der Waals surface area contributed by atoms with Gasteiger partial charge >= 0.3 is 13.8 Å². The maximum Gasteiger partial charge on any atom is 0.472 e. The van der Waals surface area contributed by atoms with Crippen molar-refractivity contribution in [3.8, 4) is 0 Å². The van der Waals surface area contributed by atoms with E-state index >= 15 is 0 Å². The molecule has 1 radical (unpaired) electrons. The second-order valence-corrected chi connectivity index (χ2v) is 5.84. The number of carboxylic acids is 1. The van der Waals surface area contributed by atoms with Crippen LogP contribution in [0.1, 0.15) is 5.56 Å². The van der Waals surface area contributed by atoms with Gasteiger partial charge in [-0.15, -0.1) is 0 Å². The average molecular weight is 332 g/mol. The van der Waals surface area contributed by atoms with Gasteiger partial charge in [0.05, 0.1) is 25.9 Å². The van der Waals surface area contributed by atoms with Crippen LogP contribution in [0.15, 0.2) is 30.3 Å². The van der Waals surface area contributed by atoms with E-state index in [1.807, 2.05) is 30.3 Å². The molecule has 0 saturated carbocycles. The lowest BCUT2D eigenvalue weighted by Gasteiger charge is -2.18. The average Bonchev–Trinajstić information content (AvgIpc) is 2.45. The maximum atomic E-state index is 11.6. The molecule has 0 aliphatic rings. The lowest BCUT2D eigenvalue weighted by molar-refractivity contribution is -0.139. The molecule has 0 aromatic heterocycles. The Hall–Kier alpha value is -1.28. The molecule has 0 fully saturated rings. The third kappa shape index (κ3) is 7.65. The Bertz CT molecular complexity index is 510. The Morgan fingerprint density at radius 2 is 1.95 bits per heavy atom. The summed E-state index contributed by atoms with van der Waals surface area (Å²) >= 11 is 0. The molecule has 0 saturated heterocycles. The van der Waals surface area contributed by atoms with Gasteiger partial charge in [0, 0.05) is 0 Å². The Morgan fingerprint density at radius 3 is 2.55 bits per heavy atom. The Balaban J connectivity index is 2.29. The van der Waals surface area contributed by atoms with Crippen molar-refractivity contribution >= 4 is 13.8 Å². The van der Waals surface area contributed by atoms with Crippen LogP contribution in [-0.2, 0) is 29.8 Å². The van der Waals surface area contributed by atoms with E-state index < -0.39 is 32.5 Å². The van der Waals surface area contributed by atoms with Crippen LogP contribution in [0.4, 0.5) is 0 Å². The van der Waals surface area contributed by atoms with Gasteiger partial charge in [-0.1, -0.05) is 30.3 Å². The predicted molar refractivity (Wildman–Crippen MR) is 77.7 cm³/mol. The molecule has 9 heteroatoms. The van der Waals surface area contributed by atoms with Gasteiger partial charge < -0.3 is 20.5 Å². The molecule has 22 heavy (non-hydrogen) atoms. The van der Waals surface area contributed by atoms with Crippen LogP contribution in [0.25, 0.3) is 0 Å². The summed E-state index contributed by atoms with van der Waals surface area (Å²) in [5.41, 5.74) is 6.08. The number of hydrogen-bond donors (Lipinski definition) is 3. The van der Waals surface area contributed by atoms with Crippen LogP contribution in [0.5, 0.6) is 0 Å². The Morgan fingerprint density at radius 1 is 1.32 bits per heavy atom. The number of aliphatic carboxylic acids is 1. The number of rotatable bonds is 10. The topological polar surface area (TPSA) is 128 Å². The number of carbonyl (C=O) groups is 1. The van der Waals surface area contributed by atoms with Crippen LogP contribution < -0.4 is 5.73 Å². The van der Waals surface area contributed by atoms with E-state index in [0.29, 0.717) is 6.61 Å². The van der Waals surface area contributed by atoms with Crippen LogP contribution in [0.2, 0.25) is 0 Å². The lowest BCUT2D eigenvalue weighted by atomic mass is 10.2. The van der Waals surface area contributed by atoms with Crippen molar-refractivity contribution in [2.75, 3.05) is 13.2 Å². The van der Waals surface area contributed by atoms with Crippen molar-refractivity contribution in [3.63, 3.8) is 0 Å². The highest BCUT2D eigenvalue weighted by atomic mass is 31.2. The number of benzene rings is 1. The van der Waals surface area contributed by atoms with E-state index in [0.717, 1.165) is 5.56 Å². The minimum Gasteiger partial charge on any atom is -0.480 e. The van der Waals surface area contributed by atoms with Gasteiger partial charge in [0.25, 0.3) is 0 Å². The maximum absolute atomic E-state index is 11.6. The van der Waals surface area contributed by atoms with Gasteiger partial charge in [0.15, 0.2) is 0 Å². The second-order valence-electron chi connectivity index (χ2n) is 4.44. The number of carboxylic acid groups (broad SMARTS) is 1. The summed E-state index contributed by atoms with van der Waals surface area (Å²) in [7, 11) is -4.44. The molecule has 0 aliphatic heterocycles. The van der Waals surface area contributed by atoms with E-state index in [9.17, 15) is 14.3 Å². The summed E-state index contributed by atoms with van der Waals surface area (Å²) < 4.78 is 26.0. The molecule has 0 amide bonds. The molecule has 0 bridgehead atoms. The third-order valence-corrected chi connectivity index (χ3v) is 3.47. The van der Waals surface area contributed by atoms with Crippen LogP contribution in [-0.4, -0.2) is 41.3 Å². The number of phosphoric ester groups is 1. The van der Waals surface area contributed by atoms with E-state index in [1.165, 1.54) is 0 Å². The predicted octanol–water partition coefficient (Wildman–Crippen LogP) is 0.951. The van der Waals surface area contributed by atoms with E-state index in [1.54, 1.807) is 0 Å². The molecule has 0 aliphatic carbocycles. The van der Waals surface area contributed by atoms with Gasteiger partial charge in [-0.05, 0) is 12.5 Å². The molecular formula is C13H19NO7P. The summed E-state index contributed by atoms with van der Waals surface area (Å²) in [5.74, 6) is -1.35. The number of nitrogens with two attached hydrogens (primary N) is 1. The number of phosphoric acid groups is 1. The van der Waals surface area contributed by atoms with Crippen molar-refractivity contribution in [3.05, 3.63) is 42.8 Å². The summed E-state index contributed by atoms with van der Waals surface area (Å²) in [6.45, 7) is 3.13. The van der Waals surface area contributed by atoms with E-state index in [2.05, 4.69) is 11.4 Å². The normalized spacial score (nSPS) is 16.7. The minimum atomic E-state index is -4.44. The quantitative estimate of drug-likeness (QED) is 0.540. The van der Waals surface area contributed by atoms with Crippen LogP contribution >= 0.6 is 7.82 Å². The first-order valence-corrected chi connectivity index (χ1v) is 7.88. The second kappa shape index (κ2) is 8.99. The van der Waals surface area contributed by atoms with E-state index in [-0.39, 0.29) is 6.61 Å². The lowest BCUT2D eigenvalue weighted by Crippen LogP contribution is -2.34. The highest BCUT2D eigenvalue weighted by Gasteiger charge is 2.27. The molecule has 123 valence electrons. The summed E-state index contributed by atoms with van der Waals surface area (Å²) in [6, 6.07) is 7.91. The first-order chi connectivity index (χ1) is 10.3. The van der Waals surface area contributed by atoms with Crippen LogP contribution in [0.3, 0.4) is 0 Å². The Labute approximate surface area is 128 Å². The zero-order chi connectivity index (χ0) is 16.6. The summed E-state index contributed by atoms with van der Waals surface area (Å²) in [4.78, 5) is 19.9. The molecule has 8 nitrogen and oxygen atoms in total. The van der Waals surface area contributed by atoms with Crippen LogP contribution in [0, 0.1) is 6.92 Å². The number of ether oxygens (including phenoxy) is 1. The highest BCUT2D eigenvalue weighted by molar-refractivity contribution is 7.47. The largest absolute Gasteiger partial charge is 0.480 e. The molecule has 0 spiro atoms. The highest BCUT2D eigenvalue weighted by Crippen LogP contribution is 2.44. The van der Waals surface area contributed by atoms with E-state index in [4.69, 9.17) is 20.1 Å². The van der Waals surface area contributed by atoms with Gasteiger partial charge in [-0.2, -0.15) is 0 Å². The fourth-order valence-electron chi connectivity index (χ4n) is 1.38. The number of hydrogen-bond acceptors (Lipinski definition) is 6. The molecule has 3 atom stereocenters. The van der Waals surface area contributed by atoms with Gasteiger partial charge in [0.1, 0.15) is 6.04 Å². The zero-order valence-corrected chi connectivity index (χ0v) is 12.7. The van der Waals surface area contributed by atoms with Gasteiger partial charge in [0.2, 0.25) is 0 Å². The molecule has 1 rings (SSSR count). The molecule has 0 heterocycles. The van der Waals surface area contributed by atoms with Gasteiger partial charge in [-0.25, -0.2) is 4.57 Å². The van der Waals surface area contributed by atoms with Crippen molar-refractivity contribution < 1.29 is 33.1 Å². The summed E-state index contributed by atoms with van der Waals surface area (Å²) in [5, 5.41) is 8.54. The van der Waals surface area contributed by atoms with Gasteiger partial charge in [-0.3, -0.25) is 13.8 Å². The van der Waals surface area contributed by atoms with Crippen molar-refractivity contribution in [2.24, 2.45) is 5.73 Å². The Kier molecular flexibility index (Phi) is 7.67. The monoisotopic (exact) mass is 332 g/mol. The summed E-state index contributed by atoms with van der Waals surface area (Å²) in [6.07, 6.45) is -0.958. The standard InChI is InChI=1S/C13H19NO7P/c1-10(7-19-8-11-5-3-2-4-6-11)21-22(17,18)20-9-12(14)13(15)16/h2-6,10,12H,1,7-9,14H2,(H,15,16)(H,17,18)/t10-,12+/m1/s1. The SMILES string of the molecule is [CH2][C@H](COCc1ccccc1)OP(=O)(O)OC[C@H](N)C(=O)O. The first-order valence-electron chi connectivity index (χ1n) is 6.39. The van der Waals surface area contributed by atoms with Crippen molar-refractivity contribution in [1.82, 2.24) is 0 Å².